The fourth-order valence-corrected chi connectivity index (χ4v) is 4.92. The van der Waals surface area contributed by atoms with Gasteiger partial charge in [0.2, 0.25) is 6.79 Å². The number of nitrogens with one attached hydrogen (secondary N) is 3. The maximum atomic E-state index is 13.7. The van der Waals surface area contributed by atoms with Crippen LogP contribution in [0.1, 0.15) is 24.2 Å². The van der Waals surface area contributed by atoms with Gasteiger partial charge in [-0.05, 0) is 55.5 Å². The second-order valence-electron chi connectivity index (χ2n) is 10.8. The van der Waals surface area contributed by atoms with E-state index in [1.54, 1.807) is 55.3 Å². The summed E-state index contributed by atoms with van der Waals surface area (Å²) in [6.45, 7) is 3.87. The number of fused-ring (bicyclic) bond motifs is 2. The largest absolute Gasteiger partial charge is 0.485 e. The lowest BCUT2D eigenvalue weighted by molar-refractivity contribution is 0.0373. The zero-order chi connectivity index (χ0) is 31.4. The Morgan fingerprint density at radius 1 is 1.05 bits per heavy atom. The van der Waals surface area contributed by atoms with Crippen LogP contribution in [-0.2, 0) is 0 Å². The van der Waals surface area contributed by atoms with E-state index in [4.69, 9.17) is 14.2 Å². The average molecular weight is 608 g/mol. The summed E-state index contributed by atoms with van der Waals surface area (Å²) < 4.78 is 30.5. The molecular formula is C31H34FN5O7. The molecule has 0 unspecified atom stereocenters. The summed E-state index contributed by atoms with van der Waals surface area (Å²) in [5, 5.41) is 18.1. The van der Waals surface area contributed by atoms with Crippen molar-refractivity contribution in [3.05, 3.63) is 72.0 Å². The Labute approximate surface area is 253 Å². The molecule has 3 atom stereocenters. The van der Waals surface area contributed by atoms with E-state index in [1.165, 1.54) is 29.2 Å². The maximum Gasteiger partial charge on any atom is 0.323 e. The van der Waals surface area contributed by atoms with Crippen LogP contribution in [0.15, 0.2) is 60.7 Å². The highest BCUT2D eigenvalue weighted by Gasteiger charge is 2.35. The van der Waals surface area contributed by atoms with Crippen molar-refractivity contribution in [3.63, 3.8) is 0 Å². The summed E-state index contributed by atoms with van der Waals surface area (Å²) >= 11 is 0. The normalized spacial score (nSPS) is 17.8. The third-order valence-electron chi connectivity index (χ3n) is 7.47. The van der Waals surface area contributed by atoms with Crippen molar-refractivity contribution in [2.24, 2.45) is 5.92 Å². The second-order valence-corrected chi connectivity index (χ2v) is 10.8. The zero-order valence-electron chi connectivity index (χ0n) is 24.5. The lowest BCUT2D eigenvalue weighted by Crippen LogP contribution is -2.50. The van der Waals surface area contributed by atoms with Crippen molar-refractivity contribution < 1.29 is 38.1 Å². The van der Waals surface area contributed by atoms with Crippen molar-refractivity contribution in [3.8, 4) is 17.2 Å². The number of para-hydroxylation sites is 1. The molecular weight excluding hydrogens is 573 g/mol. The number of ether oxygens (including phenoxy) is 3. The lowest BCUT2D eigenvalue weighted by Gasteiger charge is -2.38. The highest BCUT2D eigenvalue weighted by atomic mass is 19.1. The SMILES string of the molecule is C[C@H](CO)N1C[C@H](C)[C@@H](CN(C)C(=O)Nc2ccc3c(c2)OCO3)Oc2c(NC(=O)Nc3ccc(F)cc3)cccc2C1=O. The summed E-state index contributed by atoms with van der Waals surface area (Å²) in [6.07, 6.45) is -0.620. The number of aliphatic hydroxyl groups excluding tert-OH is 1. The Hall–Kier alpha value is -5.04. The van der Waals surface area contributed by atoms with Gasteiger partial charge >= 0.3 is 12.1 Å². The zero-order valence-corrected chi connectivity index (χ0v) is 24.5. The quantitative estimate of drug-likeness (QED) is 0.308. The molecule has 5 amide bonds. The number of nitrogens with zero attached hydrogens (tertiary/aromatic N) is 2. The Kier molecular flexibility index (Phi) is 9.04. The number of carbonyl (C=O) groups excluding carboxylic acids is 3. The van der Waals surface area contributed by atoms with Crippen LogP contribution in [0, 0.1) is 11.7 Å². The summed E-state index contributed by atoms with van der Waals surface area (Å²) in [7, 11) is 1.62. The number of likely N-dealkylation sites (N-methyl/N-ethyl adjacent to an activating group) is 1. The van der Waals surface area contributed by atoms with E-state index in [9.17, 15) is 23.9 Å². The Morgan fingerprint density at radius 2 is 1.77 bits per heavy atom. The highest BCUT2D eigenvalue weighted by Crippen LogP contribution is 2.36. The predicted octanol–water partition coefficient (Wildman–Crippen LogP) is 4.58. The van der Waals surface area contributed by atoms with Crippen molar-refractivity contribution >= 4 is 35.0 Å². The first-order valence-corrected chi connectivity index (χ1v) is 14.1. The molecule has 0 bridgehead atoms. The van der Waals surface area contributed by atoms with Crippen LogP contribution < -0.4 is 30.2 Å². The van der Waals surface area contributed by atoms with Gasteiger partial charge in [-0.2, -0.15) is 0 Å². The van der Waals surface area contributed by atoms with Gasteiger partial charge in [0, 0.05) is 37.0 Å². The minimum atomic E-state index is -0.631. The Bertz CT molecular complexity index is 1540. The van der Waals surface area contributed by atoms with Gasteiger partial charge in [0.25, 0.3) is 5.91 Å². The number of amides is 5. The summed E-state index contributed by atoms with van der Waals surface area (Å²) in [5.74, 6) is 0.155. The Morgan fingerprint density at radius 3 is 2.52 bits per heavy atom. The molecule has 0 saturated carbocycles. The van der Waals surface area contributed by atoms with Crippen LogP contribution in [0.2, 0.25) is 0 Å². The van der Waals surface area contributed by atoms with Gasteiger partial charge in [0.05, 0.1) is 30.4 Å². The summed E-state index contributed by atoms with van der Waals surface area (Å²) in [6, 6.07) is 13.6. The van der Waals surface area contributed by atoms with Crippen LogP contribution in [0.4, 0.5) is 31.0 Å². The molecule has 3 aromatic rings. The topological polar surface area (TPSA) is 142 Å². The molecule has 2 aliphatic rings. The lowest BCUT2D eigenvalue weighted by atomic mass is 9.99. The first-order valence-electron chi connectivity index (χ1n) is 14.1. The van der Waals surface area contributed by atoms with Crippen molar-refractivity contribution in [1.29, 1.82) is 0 Å². The van der Waals surface area contributed by atoms with E-state index in [0.29, 0.717) is 22.9 Å². The summed E-state index contributed by atoms with van der Waals surface area (Å²) in [4.78, 5) is 42.8. The van der Waals surface area contributed by atoms with Gasteiger partial charge in [-0.1, -0.05) is 13.0 Å². The van der Waals surface area contributed by atoms with Crippen LogP contribution in [0.5, 0.6) is 17.2 Å². The molecule has 3 aromatic carbocycles. The molecule has 4 N–H and O–H groups in total. The smallest absolute Gasteiger partial charge is 0.323 e. The number of hydrogen-bond acceptors (Lipinski definition) is 7. The van der Waals surface area contributed by atoms with Gasteiger partial charge in [-0.25, -0.2) is 14.0 Å². The van der Waals surface area contributed by atoms with Crippen molar-refractivity contribution in [1.82, 2.24) is 9.80 Å². The number of rotatable bonds is 7. The molecule has 2 aliphatic heterocycles. The third kappa shape index (κ3) is 6.78. The van der Waals surface area contributed by atoms with E-state index in [2.05, 4.69) is 16.0 Å². The number of aliphatic hydroxyl groups is 1. The van der Waals surface area contributed by atoms with E-state index < -0.39 is 30.0 Å². The number of anilines is 3. The van der Waals surface area contributed by atoms with Gasteiger partial charge in [0.1, 0.15) is 11.9 Å². The van der Waals surface area contributed by atoms with E-state index >= 15 is 0 Å². The van der Waals surface area contributed by atoms with Crippen LogP contribution in [0.25, 0.3) is 0 Å². The predicted molar refractivity (Wildman–Crippen MR) is 161 cm³/mol. The van der Waals surface area contributed by atoms with Crippen LogP contribution in [0.3, 0.4) is 0 Å². The van der Waals surface area contributed by atoms with Crippen LogP contribution in [-0.4, -0.2) is 78.6 Å². The maximum absolute atomic E-state index is 13.7. The second kappa shape index (κ2) is 13.1. The molecule has 0 radical (unpaired) electrons. The van der Waals surface area contributed by atoms with E-state index in [0.717, 1.165) is 0 Å². The monoisotopic (exact) mass is 607 g/mol. The first-order chi connectivity index (χ1) is 21.1. The number of benzene rings is 3. The van der Waals surface area contributed by atoms with E-state index in [-0.39, 0.29) is 55.3 Å². The van der Waals surface area contributed by atoms with E-state index in [1.807, 2.05) is 6.92 Å². The number of carbonyl (C=O) groups is 3. The average Bonchev–Trinajstić information content (AvgIpc) is 3.48. The third-order valence-corrected chi connectivity index (χ3v) is 7.47. The van der Waals surface area contributed by atoms with Gasteiger partial charge < -0.3 is 45.1 Å². The number of urea groups is 2. The minimum absolute atomic E-state index is 0.115. The molecule has 0 spiro atoms. The van der Waals surface area contributed by atoms with Crippen LogP contribution >= 0.6 is 0 Å². The van der Waals surface area contributed by atoms with Crippen molar-refractivity contribution in [2.75, 3.05) is 49.5 Å². The fourth-order valence-electron chi connectivity index (χ4n) is 4.92. The number of halogens is 1. The molecule has 12 nitrogen and oxygen atoms in total. The first kappa shape index (κ1) is 30.4. The van der Waals surface area contributed by atoms with Gasteiger partial charge in [0.15, 0.2) is 17.2 Å². The highest BCUT2D eigenvalue weighted by molar-refractivity contribution is 6.04. The minimum Gasteiger partial charge on any atom is -0.485 e. The molecule has 2 heterocycles. The molecule has 13 heteroatoms. The van der Waals surface area contributed by atoms with Gasteiger partial charge in [-0.15, -0.1) is 0 Å². The molecule has 0 aliphatic carbocycles. The standard InChI is InChI=1S/C31H34FN5O7/c1-18-14-37(19(2)16-38)29(39)23-5-4-6-24(35-30(40)33-21-9-7-20(32)8-10-21)28(23)44-27(18)15-36(3)31(41)34-22-11-12-25-26(13-22)43-17-42-25/h4-13,18-19,27,38H,14-17H2,1-3H3,(H,34,41)(H2,33,35,40)/t18-,19+,27+/m0/s1. The number of hydrogen-bond donors (Lipinski definition) is 4. The summed E-state index contributed by atoms with van der Waals surface area (Å²) in [5.41, 5.74) is 1.30. The molecule has 0 fully saturated rings. The molecule has 0 saturated heterocycles. The Balaban J connectivity index is 1.38. The van der Waals surface area contributed by atoms with Gasteiger partial charge in [-0.3, -0.25) is 4.79 Å². The molecule has 5 rings (SSSR count). The molecule has 44 heavy (non-hydrogen) atoms. The molecule has 0 aromatic heterocycles. The van der Waals surface area contributed by atoms with Crippen molar-refractivity contribution in [2.45, 2.75) is 26.0 Å². The fraction of sp³-hybridized carbons (Fsp3) is 0.323. The molecule has 232 valence electrons.